The zero-order valence-corrected chi connectivity index (χ0v) is 23.7. The summed E-state index contributed by atoms with van der Waals surface area (Å²) in [6.07, 6.45) is 7.41. The van der Waals surface area contributed by atoms with Gasteiger partial charge in [-0.25, -0.2) is 9.18 Å². The van der Waals surface area contributed by atoms with E-state index in [0.29, 0.717) is 58.4 Å². The van der Waals surface area contributed by atoms with Crippen LogP contribution in [0.5, 0.6) is 0 Å². The molecule has 2 amide bonds. The van der Waals surface area contributed by atoms with Crippen LogP contribution in [0, 0.1) is 0 Å². The summed E-state index contributed by atoms with van der Waals surface area (Å²) in [5.74, 6) is 0. The number of urea groups is 1. The second-order valence-electron chi connectivity index (χ2n) is 10.1. The molecule has 2 atom stereocenters. The third kappa shape index (κ3) is 6.16. The summed E-state index contributed by atoms with van der Waals surface area (Å²) in [7, 11) is 11.3. The van der Waals surface area contributed by atoms with Crippen molar-refractivity contribution in [2.24, 2.45) is 0 Å². The highest BCUT2D eigenvalue weighted by Gasteiger charge is 2.49. The fraction of sp³-hybridized carbons (Fsp3) is 0.583. The van der Waals surface area contributed by atoms with Gasteiger partial charge in [-0.1, -0.05) is 13.8 Å². The van der Waals surface area contributed by atoms with Crippen LogP contribution >= 0.6 is 18.5 Å². The van der Waals surface area contributed by atoms with Crippen molar-refractivity contribution < 1.29 is 14.3 Å². The molecule has 0 spiro atoms. The van der Waals surface area contributed by atoms with E-state index in [4.69, 9.17) is 7.85 Å². The normalized spacial score (nSPS) is 17.2. The first kappa shape index (κ1) is 27.9. The molecule has 0 bridgehead atoms. The maximum absolute atomic E-state index is 14.8. The number of nitrogens with zero attached hydrogens (tertiary/aromatic N) is 5. The molecule has 2 saturated carbocycles. The maximum Gasteiger partial charge on any atom is 0.322 e. The molecular weight excluding hydrogens is 510 g/mol. The van der Waals surface area contributed by atoms with Gasteiger partial charge in [0.05, 0.1) is 41.8 Å². The quantitative estimate of drug-likeness (QED) is 0.297. The van der Waals surface area contributed by atoms with Crippen molar-refractivity contribution in [2.75, 3.05) is 18.5 Å². The molecule has 198 valence electrons. The van der Waals surface area contributed by atoms with Gasteiger partial charge >= 0.3 is 6.03 Å². The van der Waals surface area contributed by atoms with Crippen LogP contribution in [0.15, 0.2) is 18.5 Å². The summed E-state index contributed by atoms with van der Waals surface area (Å²) in [5, 5.41) is 25.3. The Kier molecular flexibility index (Phi) is 8.56. The van der Waals surface area contributed by atoms with Gasteiger partial charge in [0.25, 0.3) is 0 Å². The number of aliphatic hydroxyl groups is 1. The van der Waals surface area contributed by atoms with Gasteiger partial charge < -0.3 is 15.3 Å². The summed E-state index contributed by atoms with van der Waals surface area (Å²) in [6.45, 7) is 4.73. The fourth-order valence-electron chi connectivity index (χ4n) is 4.53. The number of pyridine rings is 1. The first-order valence-electron chi connectivity index (χ1n) is 12.7. The number of hydrogen-bond acceptors (Lipinski definition) is 5. The Labute approximate surface area is 222 Å². The molecular formula is C24H35BFN7O2P2. The number of carbonyl (C=O) groups is 1. The highest BCUT2D eigenvalue weighted by molar-refractivity contribution is 7.37. The van der Waals surface area contributed by atoms with Crippen LogP contribution in [0.3, 0.4) is 0 Å². The number of aromatic amines is 1. The van der Waals surface area contributed by atoms with E-state index in [2.05, 4.69) is 51.0 Å². The molecule has 3 aromatic rings. The predicted molar refractivity (Wildman–Crippen MR) is 152 cm³/mol. The molecule has 13 heteroatoms. The van der Waals surface area contributed by atoms with E-state index in [9.17, 15) is 14.3 Å². The van der Waals surface area contributed by atoms with Gasteiger partial charge in [-0.3, -0.25) is 14.8 Å². The van der Waals surface area contributed by atoms with Crippen molar-refractivity contribution in [1.29, 1.82) is 0 Å². The third-order valence-electron chi connectivity index (χ3n) is 6.87. The standard InChI is InChI=1S/C22H27BFN7O2.C2H8P2/c1-2-8-30(22(13-32)6-7-22)20(33)27-16-11-26-28-18(16)15-9-17-14(10-25-15)19(23)29-31(17)12-21(24)4-3-5-21;1-2(3)4/h9-11,32H,2-8,12-13H2,1H3,(H,26,28)(H,27,33);2H,3-4H2,1H3. The van der Waals surface area contributed by atoms with Crippen molar-refractivity contribution in [3.8, 4) is 11.4 Å². The minimum atomic E-state index is -1.25. The van der Waals surface area contributed by atoms with E-state index in [1.54, 1.807) is 21.8 Å². The Morgan fingerprint density at radius 2 is 2.05 bits per heavy atom. The van der Waals surface area contributed by atoms with Crippen molar-refractivity contribution in [3.63, 3.8) is 0 Å². The highest BCUT2D eigenvalue weighted by atomic mass is 31.1. The van der Waals surface area contributed by atoms with Crippen LogP contribution in [0.2, 0.25) is 0 Å². The number of rotatable bonds is 8. The largest absolute Gasteiger partial charge is 0.394 e. The molecule has 2 aliphatic carbocycles. The number of amides is 2. The topological polar surface area (TPSA) is 112 Å². The van der Waals surface area contributed by atoms with Gasteiger partial charge in [0.1, 0.15) is 19.2 Å². The van der Waals surface area contributed by atoms with E-state index < -0.39 is 11.2 Å². The number of aromatic nitrogens is 5. The van der Waals surface area contributed by atoms with Gasteiger partial charge in [-0.05, 0) is 50.0 Å². The number of H-pyrrole nitrogens is 1. The molecule has 3 aromatic heterocycles. The number of anilines is 1. The van der Waals surface area contributed by atoms with Gasteiger partial charge in [0.2, 0.25) is 0 Å². The molecule has 3 N–H and O–H groups in total. The Morgan fingerprint density at radius 1 is 1.35 bits per heavy atom. The van der Waals surface area contributed by atoms with Gasteiger partial charge in [0, 0.05) is 23.7 Å². The first-order chi connectivity index (χ1) is 17.6. The lowest BCUT2D eigenvalue weighted by Crippen LogP contribution is -2.47. The number of hydrogen-bond donors (Lipinski definition) is 3. The van der Waals surface area contributed by atoms with E-state index >= 15 is 0 Å². The van der Waals surface area contributed by atoms with Crippen LogP contribution in [-0.4, -0.2) is 78.6 Å². The zero-order valence-electron chi connectivity index (χ0n) is 21.4. The summed E-state index contributed by atoms with van der Waals surface area (Å²) in [4.78, 5) is 19.2. The van der Waals surface area contributed by atoms with Crippen LogP contribution in [0.1, 0.15) is 52.4 Å². The average molecular weight is 545 g/mol. The van der Waals surface area contributed by atoms with E-state index in [-0.39, 0.29) is 19.2 Å². The molecule has 2 unspecified atom stereocenters. The van der Waals surface area contributed by atoms with Crippen LogP contribution in [0.25, 0.3) is 22.3 Å². The van der Waals surface area contributed by atoms with E-state index in [1.165, 1.54) is 6.20 Å². The molecule has 0 aliphatic heterocycles. The Balaban J connectivity index is 0.000000747. The smallest absolute Gasteiger partial charge is 0.322 e. The molecule has 2 radical (unpaired) electrons. The summed E-state index contributed by atoms with van der Waals surface area (Å²) < 4.78 is 16.4. The minimum Gasteiger partial charge on any atom is -0.394 e. The van der Waals surface area contributed by atoms with Crippen molar-refractivity contribution in [3.05, 3.63) is 18.5 Å². The minimum absolute atomic E-state index is 0.0572. The molecule has 3 heterocycles. The van der Waals surface area contributed by atoms with Gasteiger partial charge in [-0.2, -0.15) is 10.2 Å². The Hall–Kier alpha value is -2.09. The predicted octanol–water partition coefficient (Wildman–Crippen LogP) is 3.36. The SMILES string of the molecule is CC(P)P.[B]c1nn(CC2(F)CCC2)c2cc(-c3[nH]ncc3NC(=O)N(CCC)C3(CO)CC3)ncc12. The van der Waals surface area contributed by atoms with Crippen LogP contribution in [0.4, 0.5) is 14.9 Å². The number of nitrogens with one attached hydrogen (secondary N) is 2. The zero-order chi connectivity index (χ0) is 26.8. The second-order valence-corrected chi connectivity index (χ2v) is 13.0. The van der Waals surface area contributed by atoms with Gasteiger partial charge in [0.15, 0.2) is 0 Å². The molecule has 2 aliphatic rings. The second kappa shape index (κ2) is 11.3. The summed E-state index contributed by atoms with van der Waals surface area (Å²) in [5.41, 5.74) is 0.785. The number of carbonyl (C=O) groups excluding carboxylic acids is 1. The Morgan fingerprint density at radius 3 is 2.62 bits per heavy atom. The number of alkyl halides is 1. The van der Waals surface area contributed by atoms with Crippen LogP contribution in [-0.2, 0) is 6.54 Å². The van der Waals surface area contributed by atoms with E-state index in [1.807, 2.05) is 6.92 Å². The third-order valence-corrected chi connectivity index (χ3v) is 6.87. The average Bonchev–Trinajstić information content (AvgIpc) is 3.39. The molecule has 2 fully saturated rings. The molecule has 37 heavy (non-hydrogen) atoms. The fourth-order valence-corrected chi connectivity index (χ4v) is 4.53. The van der Waals surface area contributed by atoms with Gasteiger partial charge in [-0.15, -0.1) is 18.5 Å². The number of fused-ring (bicyclic) bond motifs is 1. The number of halogens is 1. The lowest BCUT2D eigenvalue weighted by molar-refractivity contribution is 0.0420. The van der Waals surface area contributed by atoms with Crippen molar-refractivity contribution >= 4 is 54.5 Å². The van der Waals surface area contributed by atoms with Crippen LogP contribution < -0.4 is 10.9 Å². The van der Waals surface area contributed by atoms with Crippen molar-refractivity contribution in [2.45, 2.75) is 75.5 Å². The molecule has 9 nitrogen and oxygen atoms in total. The molecule has 0 aromatic carbocycles. The summed E-state index contributed by atoms with van der Waals surface area (Å²) in [6, 6.07) is 1.50. The Bertz CT molecular complexity index is 1240. The lowest BCUT2D eigenvalue weighted by atomic mass is 9.82. The monoisotopic (exact) mass is 545 g/mol. The summed E-state index contributed by atoms with van der Waals surface area (Å²) >= 11 is 0. The van der Waals surface area contributed by atoms with E-state index in [0.717, 1.165) is 25.7 Å². The molecule has 0 saturated heterocycles. The maximum atomic E-state index is 14.8. The highest BCUT2D eigenvalue weighted by Crippen LogP contribution is 2.42. The number of aliphatic hydroxyl groups excluding tert-OH is 1. The van der Waals surface area contributed by atoms with Crippen molar-refractivity contribution in [1.82, 2.24) is 29.9 Å². The first-order valence-corrected chi connectivity index (χ1v) is 14.0. The molecule has 5 rings (SSSR count). The lowest BCUT2D eigenvalue weighted by Gasteiger charge is -2.33.